The first-order chi connectivity index (χ1) is 14.5. The lowest BCUT2D eigenvalue weighted by atomic mass is 10.2. The molecule has 0 aliphatic carbocycles. The van der Waals surface area contributed by atoms with Crippen LogP contribution < -0.4 is 10.1 Å². The van der Waals surface area contributed by atoms with Crippen LogP contribution in [0.2, 0.25) is 10.0 Å². The maximum atomic E-state index is 12.2. The maximum Gasteiger partial charge on any atom is 0.331 e. The number of hydrogen-bond acceptors (Lipinski definition) is 4. The number of anilines is 1. The van der Waals surface area contributed by atoms with Crippen LogP contribution in [0.4, 0.5) is 5.69 Å². The van der Waals surface area contributed by atoms with Gasteiger partial charge < -0.3 is 14.8 Å². The molecule has 0 atom stereocenters. The highest BCUT2D eigenvalue weighted by Gasteiger charge is 2.11. The molecule has 3 aromatic carbocycles. The molecule has 0 fully saturated rings. The lowest BCUT2D eigenvalue weighted by molar-refractivity contribution is -0.142. The number of esters is 1. The van der Waals surface area contributed by atoms with E-state index in [-0.39, 0.29) is 0 Å². The first-order valence-corrected chi connectivity index (χ1v) is 9.68. The fourth-order valence-electron chi connectivity index (χ4n) is 2.41. The van der Waals surface area contributed by atoms with Crippen molar-refractivity contribution in [2.75, 3.05) is 11.9 Å². The lowest BCUT2D eigenvalue weighted by Gasteiger charge is -2.12. The van der Waals surface area contributed by atoms with Gasteiger partial charge >= 0.3 is 5.97 Å². The average molecular weight is 442 g/mol. The minimum absolute atomic E-state index is 0.365. The Morgan fingerprint density at radius 2 is 1.60 bits per heavy atom. The molecule has 0 radical (unpaired) electrons. The normalized spacial score (nSPS) is 10.6. The van der Waals surface area contributed by atoms with E-state index in [0.29, 0.717) is 27.2 Å². The number of amides is 1. The summed E-state index contributed by atoms with van der Waals surface area (Å²) < 4.78 is 10.8. The van der Waals surface area contributed by atoms with Crippen molar-refractivity contribution in [1.82, 2.24) is 0 Å². The van der Waals surface area contributed by atoms with Gasteiger partial charge in [0.15, 0.2) is 12.4 Å². The number of benzene rings is 3. The highest BCUT2D eigenvalue weighted by molar-refractivity contribution is 6.31. The van der Waals surface area contributed by atoms with E-state index >= 15 is 0 Å². The smallest absolute Gasteiger partial charge is 0.331 e. The van der Waals surface area contributed by atoms with E-state index in [1.807, 2.05) is 18.2 Å². The fourth-order valence-corrected chi connectivity index (χ4v) is 2.71. The number of ether oxygens (including phenoxy) is 2. The molecular weight excluding hydrogens is 425 g/mol. The van der Waals surface area contributed by atoms with Crippen LogP contribution in [0.1, 0.15) is 5.56 Å². The third-order valence-electron chi connectivity index (χ3n) is 3.81. The van der Waals surface area contributed by atoms with Crippen LogP contribution in [0.15, 0.2) is 78.9 Å². The van der Waals surface area contributed by atoms with Crippen molar-refractivity contribution in [2.24, 2.45) is 0 Å². The fraction of sp³-hybridized carbons (Fsp3) is 0.0435. The van der Waals surface area contributed by atoms with E-state index in [9.17, 15) is 9.59 Å². The summed E-state index contributed by atoms with van der Waals surface area (Å²) in [6.45, 7) is -0.457. The van der Waals surface area contributed by atoms with E-state index in [0.717, 1.165) is 5.56 Å². The Balaban J connectivity index is 1.57. The minimum Gasteiger partial charge on any atom is -0.455 e. The lowest BCUT2D eigenvalue weighted by Crippen LogP contribution is -2.20. The van der Waals surface area contributed by atoms with E-state index < -0.39 is 18.5 Å². The summed E-state index contributed by atoms with van der Waals surface area (Å²) in [4.78, 5) is 24.1. The average Bonchev–Trinajstić information content (AvgIpc) is 2.74. The Morgan fingerprint density at radius 3 is 2.33 bits per heavy atom. The standard InChI is InChI=1S/C23H17Cl2NO4/c24-17-9-6-16(7-10-17)8-13-23(28)29-15-22(27)26-20-14-18(25)11-12-21(20)30-19-4-2-1-3-5-19/h1-14H,15H2,(H,26,27). The molecule has 152 valence electrons. The molecule has 0 spiro atoms. The van der Waals surface area contributed by atoms with Crippen molar-refractivity contribution >= 4 is 46.8 Å². The van der Waals surface area contributed by atoms with Crippen LogP contribution in [0.3, 0.4) is 0 Å². The highest BCUT2D eigenvalue weighted by atomic mass is 35.5. The first kappa shape index (κ1) is 21.4. The van der Waals surface area contributed by atoms with Gasteiger partial charge in [0.1, 0.15) is 5.75 Å². The van der Waals surface area contributed by atoms with Gasteiger partial charge in [-0.05, 0) is 54.1 Å². The van der Waals surface area contributed by atoms with Crippen molar-refractivity contribution in [2.45, 2.75) is 0 Å². The van der Waals surface area contributed by atoms with Crippen molar-refractivity contribution in [3.05, 3.63) is 94.5 Å². The van der Waals surface area contributed by atoms with Gasteiger partial charge in [0.2, 0.25) is 0 Å². The van der Waals surface area contributed by atoms with Crippen LogP contribution in [-0.2, 0) is 14.3 Å². The number of rotatable bonds is 7. The zero-order valence-electron chi connectivity index (χ0n) is 15.7. The van der Waals surface area contributed by atoms with Crippen LogP contribution in [0, 0.1) is 0 Å². The molecular formula is C23H17Cl2NO4. The van der Waals surface area contributed by atoms with Crippen LogP contribution in [0.5, 0.6) is 11.5 Å². The van der Waals surface area contributed by atoms with E-state index in [1.54, 1.807) is 60.7 Å². The summed E-state index contributed by atoms with van der Waals surface area (Å²) in [5.41, 5.74) is 1.14. The van der Waals surface area contributed by atoms with Crippen LogP contribution in [-0.4, -0.2) is 18.5 Å². The van der Waals surface area contributed by atoms with Gasteiger partial charge in [-0.1, -0.05) is 53.5 Å². The second-order valence-electron chi connectivity index (χ2n) is 6.10. The Labute approximate surface area is 183 Å². The number of carbonyl (C=O) groups excluding carboxylic acids is 2. The van der Waals surface area contributed by atoms with Crippen LogP contribution in [0.25, 0.3) is 6.08 Å². The third kappa shape index (κ3) is 6.65. The van der Waals surface area contributed by atoms with E-state index in [2.05, 4.69) is 5.32 Å². The number of para-hydroxylation sites is 1. The summed E-state index contributed by atoms with van der Waals surface area (Å²) in [6.07, 6.45) is 2.80. The monoisotopic (exact) mass is 441 g/mol. The predicted octanol–water partition coefficient (Wildman–Crippen LogP) is 5.98. The number of carbonyl (C=O) groups is 2. The van der Waals surface area contributed by atoms with Gasteiger partial charge in [0.05, 0.1) is 5.69 Å². The molecule has 0 heterocycles. The number of halogens is 2. The molecule has 0 aromatic heterocycles. The molecule has 0 unspecified atom stereocenters. The van der Waals surface area contributed by atoms with Crippen molar-refractivity contribution < 1.29 is 19.1 Å². The first-order valence-electron chi connectivity index (χ1n) is 8.92. The Kier molecular flexibility index (Phi) is 7.49. The summed E-state index contributed by atoms with van der Waals surface area (Å²) in [5, 5.41) is 3.67. The molecule has 3 aromatic rings. The number of hydrogen-bond donors (Lipinski definition) is 1. The zero-order valence-corrected chi connectivity index (χ0v) is 17.2. The molecule has 3 rings (SSSR count). The molecule has 30 heavy (non-hydrogen) atoms. The molecule has 1 N–H and O–H groups in total. The Hall–Kier alpha value is -3.28. The Morgan fingerprint density at radius 1 is 0.900 bits per heavy atom. The SMILES string of the molecule is O=C(COC(=O)C=Cc1ccc(Cl)cc1)Nc1cc(Cl)ccc1Oc1ccccc1. The van der Waals surface area contributed by atoms with E-state index in [1.165, 1.54) is 6.08 Å². The van der Waals surface area contributed by atoms with Gasteiger partial charge in [-0.15, -0.1) is 0 Å². The van der Waals surface area contributed by atoms with Gasteiger partial charge in [0, 0.05) is 16.1 Å². The minimum atomic E-state index is -0.646. The largest absolute Gasteiger partial charge is 0.455 e. The predicted molar refractivity (Wildman–Crippen MR) is 118 cm³/mol. The van der Waals surface area contributed by atoms with Crippen molar-refractivity contribution in [3.63, 3.8) is 0 Å². The molecule has 0 aliphatic heterocycles. The molecule has 0 saturated heterocycles. The molecule has 5 nitrogen and oxygen atoms in total. The number of nitrogens with one attached hydrogen (secondary N) is 1. The summed E-state index contributed by atoms with van der Waals surface area (Å²) in [7, 11) is 0. The van der Waals surface area contributed by atoms with Gasteiger partial charge in [0.25, 0.3) is 5.91 Å². The van der Waals surface area contributed by atoms with Gasteiger partial charge in [-0.25, -0.2) is 4.79 Å². The molecule has 1 amide bonds. The second-order valence-corrected chi connectivity index (χ2v) is 6.97. The molecule has 0 saturated carbocycles. The summed E-state index contributed by atoms with van der Waals surface area (Å²) >= 11 is 11.8. The van der Waals surface area contributed by atoms with Crippen LogP contribution >= 0.6 is 23.2 Å². The summed E-state index contributed by atoms with van der Waals surface area (Å²) in [5.74, 6) is -0.155. The van der Waals surface area contributed by atoms with E-state index in [4.69, 9.17) is 32.7 Å². The topological polar surface area (TPSA) is 64.6 Å². The van der Waals surface area contributed by atoms with Crippen molar-refractivity contribution in [3.8, 4) is 11.5 Å². The molecule has 0 aliphatic rings. The van der Waals surface area contributed by atoms with Gasteiger partial charge in [-0.2, -0.15) is 0 Å². The zero-order chi connectivity index (χ0) is 21.3. The third-order valence-corrected chi connectivity index (χ3v) is 4.30. The van der Waals surface area contributed by atoms with Crippen molar-refractivity contribution in [1.29, 1.82) is 0 Å². The van der Waals surface area contributed by atoms with Gasteiger partial charge in [-0.3, -0.25) is 4.79 Å². The highest BCUT2D eigenvalue weighted by Crippen LogP contribution is 2.32. The molecule has 0 bridgehead atoms. The second kappa shape index (κ2) is 10.5. The molecule has 7 heteroatoms. The summed E-state index contributed by atoms with van der Waals surface area (Å²) in [6, 6.07) is 20.9. The maximum absolute atomic E-state index is 12.2. The quantitative estimate of drug-likeness (QED) is 0.361. The Bertz CT molecular complexity index is 1050.